The van der Waals surface area contributed by atoms with Gasteiger partial charge in [-0.05, 0) is 31.4 Å². The molecule has 2 atom stereocenters. The summed E-state index contributed by atoms with van der Waals surface area (Å²) in [4.78, 5) is 17.0. The highest BCUT2D eigenvalue weighted by atomic mass is 16.1. The van der Waals surface area contributed by atoms with Gasteiger partial charge >= 0.3 is 0 Å². The Morgan fingerprint density at radius 2 is 2.04 bits per heavy atom. The molecule has 0 unspecified atom stereocenters. The van der Waals surface area contributed by atoms with Gasteiger partial charge in [0.1, 0.15) is 5.56 Å². The van der Waals surface area contributed by atoms with Crippen molar-refractivity contribution < 1.29 is 4.79 Å². The van der Waals surface area contributed by atoms with Crippen LogP contribution in [-0.2, 0) is 0 Å². The van der Waals surface area contributed by atoms with Gasteiger partial charge in [-0.1, -0.05) is 30.3 Å². The summed E-state index contributed by atoms with van der Waals surface area (Å²) in [6, 6.07) is 12.4. The number of aromatic nitrogens is 3. The van der Waals surface area contributed by atoms with Crippen LogP contribution in [0.25, 0.3) is 5.65 Å². The Morgan fingerprint density at radius 1 is 1.22 bits per heavy atom. The molecular formula is C18H18N4O. The average molecular weight is 306 g/mol. The average Bonchev–Trinajstić information content (AvgIpc) is 2.95. The van der Waals surface area contributed by atoms with Gasteiger partial charge in [-0.2, -0.15) is 5.10 Å². The van der Waals surface area contributed by atoms with Crippen LogP contribution in [0.1, 0.15) is 40.4 Å². The Bertz CT molecular complexity index is 856. The fourth-order valence-electron chi connectivity index (χ4n) is 3.14. The number of benzene rings is 1. The molecule has 0 spiro atoms. The molecule has 2 aromatic heterocycles. The highest BCUT2D eigenvalue weighted by Gasteiger charge is 2.33. The molecule has 3 aromatic rings. The topological polar surface area (TPSA) is 59.3 Å². The minimum Gasteiger partial charge on any atom is -0.349 e. The molecule has 4 rings (SSSR count). The van der Waals surface area contributed by atoms with E-state index in [0.29, 0.717) is 17.1 Å². The molecule has 0 radical (unpaired) electrons. The molecule has 1 aromatic carbocycles. The predicted molar refractivity (Wildman–Crippen MR) is 87.4 cm³/mol. The number of carbonyl (C=O) groups is 1. The van der Waals surface area contributed by atoms with Crippen molar-refractivity contribution in [3.05, 3.63) is 65.6 Å². The Morgan fingerprint density at radius 3 is 2.78 bits per heavy atom. The van der Waals surface area contributed by atoms with Crippen molar-refractivity contribution in [1.29, 1.82) is 0 Å². The van der Waals surface area contributed by atoms with Gasteiger partial charge < -0.3 is 5.32 Å². The molecule has 23 heavy (non-hydrogen) atoms. The predicted octanol–water partition coefficient (Wildman–Crippen LogP) is 2.71. The first-order valence-electron chi connectivity index (χ1n) is 7.89. The van der Waals surface area contributed by atoms with E-state index in [-0.39, 0.29) is 11.9 Å². The van der Waals surface area contributed by atoms with Crippen LogP contribution in [0.3, 0.4) is 0 Å². The summed E-state index contributed by atoms with van der Waals surface area (Å²) in [6.45, 7) is 1.91. The zero-order chi connectivity index (χ0) is 15.8. The third-order valence-electron chi connectivity index (χ3n) is 4.57. The Labute approximate surface area is 134 Å². The zero-order valence-corrected chi connectivity index (χ0v) is 12.9. The molecule has 1 amide bonds. The van der Waals surface area contributed by atoms with Gasteiger partial charge in [0.25, 0.3) is 5.91 Å². The van der Waals surface area contributed by atoms with E-state index in [1.54, 1.807) is 10.7 Å². The molecule has 5 heteroatoms. The SMILES string of the molecule is Cc1ccn2ncc(C(=O)N[C@@H]3CC[C@H]3c3ccccc3)c2n1. The van der Waals surface area contributed by atoms with Crippen LogP contribution in [0.2, 0.25) is 0 Å². The number of rotatable bonds is 3. The van der Waals surface area contributed by atoms with E-state index in [4.69, 9.17) is 0 Å². The van der Waals surface area contributed by atoms with Gasteiger partial charge in [0, 0.05) is 23.9 Å². The number of fused-ring (bicyclic) bond motifs is 1. The van der Waals surface area contributed by atoms with Crippen LogP contribution in [0.15, 0.2) is 48.8 Å². The molecule has 5 nitrogen and oxygen atoms in total. The van der Waals surface area contributed by atoms with Crippen molar-refractivity contribution >= 4 is 11.6 Å². The molecule has 0 aliphatic heterocycles. The number of nitrogens with zero attached hydrogens (tertiary/aromatic N) is 3. The van der Waals surface area contributed by atoms with Crippen LogP contribution >= 0.6 is 0 Å². The van der Waals surface area contributed by atoms with Crippen LogP contribution in [0.5, 0.6) is 0 Å². The van der Waals surface area contributed by atoms with Gasteiger partial charge in [-0.25, -0.2) is 9.50 Å². The first-order valence-corrected chi connectivity index (χ1v) is 7.89. The third-order valence-corrected chi connectivity index (χ3v) is 4.57. The Balaban J connectivity index is 1.54. The number of aryl methyl sites for hydroxylation is 1. The lowest BCUT2D eigenvalue weighted by Crippen LogP contribution is -2.45. The van der Waals surface area contributed by atoms with Crippen molar-refractivity contribution in [2.45, 2.75) is 31.7 Å². The van der Waals surface area contributed by atoms with Gasteiger partial charge in [0.15, 0.2) is 5.65 Å². The van der Waals surface area contributed by atoms with Crippen molar-refractivity contribution in [2.75, 3.05) is 0 Å². The maximum Gasteiger partial charge on any atom is 0.257 e. The second-order valence-corrected chi connectivity index (χ2v) is 6.07. The fraction of sp³-hybridized carbons (Fsp3) is 0.278. The number of nitrogens with one attached hydrogen (secondary N) is 1. The molecule has 1 aliphatic rings. The number of hydrogen-bond donors (Lipinski definition) is 1. The summed E-state index contributed by atoms with van der Waals surface area (Å²) in [7, 11) is 0. The van der Waals surface area contributed by atoms with Crippen molar-refractivity contribution in [3.8, 4) is 0 Å². The highest BCUT2D eigenvalue weighted by Crippen LogP contribution is 2.36. The van der Waals surface area contributed by atoms with Gasteiger partial charge in [-0.3, -0.25) is 4.79 Å². The summed E-state index contributed by atoms with van der Waals surface area (Å²) in [6.07, 6.45) is 5.54. The number of amides is 1. The normalized spacial score (nSPS) is 20.2. The maximum atomic E-state index is 12.6. The van der Waals surface area contributed by atoms with Crippen LogP contribution in [-0.4, -0.2) is 26.5 Å². The summed E-state index contributed by atoms with van der Waals surface area (Å²) in [5, 5.41) is 7.35. The Kier molecular flexibility index (Phi) is 3.33. The van der Waals surface area contributed by atoms with E-state index in [9.17, 15) is 4.79 Å². The lowest BCUT2D eigenvalue weighted by Gasteiger charge is -2.37. The second-order valence-electron chi connectivity index (χ2n) is 6.07. The van der Waals surface area contributed by atoms with E-state index in [2.05, 4.69) is 27.5 Å². The van der Waals surface area contributed by atoms with Gasteiger partial charge in [-0.15, -0.1) is 0 Å². The van der Waals surface area contributed by atoms with Crippen LogP contribution in [0, 0.1) is 6.92 Å². The molecule has 1 N–H and O–H groups in total. The minimum absolute atomic E-state index is 0.0938. The molecule has 1 aliphatic carbocycles. The van der Waals surface area contributed by atoms with Crippen LogP contribution < -0.4 is 5.32 Å². The Hall–Kier alpha value is -2.69. The van der Waals surface area contributed by atoms with Crippen molar-refractivity contribution in [2.24, 2.45) is 0 Å². The molecule has 2 heterocycles. The third kappa shape index (κ3) is 2.48. The summed E-state index contributed by atoms with van der Waals surface area (Å²) in [5.41, 5.74) is 3.31. The van der Waals surface area contributed by atoms with Gasteiger partial charge in [0.2, 0.25) is 0 Å². The molecule has 116 valence electrons. The standard InChI is InChI=1S/C18H18N4O/c1-12-9-10-22-17(20-12)15(11-19-22)18(23)21-16-8-7-14(16)13-5-3-2-4-6-13/h2-6,9-11,14,16H,7-8H2,1H3,(H,21,23)/t14-,16+/m0/s1. The molecule has 1 fully saturated rings. The lowest BCUT2D eigenvalue weighted by atomic mass is 9.75. The van der Waals surface area contributed by atoms with Crippen molar-refractivity contribution in [3.63, 3.8) is 0 Å². The molecule has 1 saturated carbocycles. The summed E-state index contributed by atoms with van der Waals surface area (Å²) < 4.78 is 1.64. The molecular weight excluding hydrogens is 288 g/mol. The zero-order valence-electron chi connectivity index (χ0n) is 12.9. The summed E-state index contributed by atoms with van der Waals surface area (Å²) >= 11 is 0. The van der Waals surface area contributed by atoms with E-state index in [0.717, 1.165) is 18.5 Å². The minimum atomic E-state index is -0.0938. The van der Waals surface area contributed by atoms with E-state index >= 15 is 0 Å². The maximum absolute atomic E-state index is 12.6. The van der Waals surface area contributed by atoms with E-state index < -0.39 is 0 Å². The highest BCUT2D eigenvalue weighted by molar-refractivity contribution is 5.99. The smallest absolute Gasteiger partial charge is 0.257 e. The van der Waals surface area contributed by atoms with E-state index in [1.807, 2.05) is 37.4 Å². The molecule has 0 bridgehead atoms. The lowest BCUT2D eigenvalue weighted by molar-refractivity contribution is 0.0906. The van der Waals surface area contributed by atoms with Crippen molar-refractivity contribution in [1.82, 2.24) is 19.9 Å². The largest absolute Gasteiger partial charge is 0.349 e. The van der Waals surface area contributed by atoms with Gasteiger partial charge in [0.05, 0.1) is 6.20 Å². The monoisotopic (exact) mass is 306 g/mol. The quantitative estimate of drug-likeness (QED) is 0.809. The first kappa shape index (κ1) is 13.9. The fourth-order valence-corrected chi connectivity index (χ4v) is 3.14. The van der Waals surface area contributed by atoms with E-state index in [1.165, 1.54) is 5.56 Å². The number of hydrogen-bond acceptors (Lipinski definition) is 3. The van der Waals surface area contributed by atoms with Crippen LogP contribution in [0.4, 0.5) is 0 Å². The first-order chi connectivity index (χ1) is 11.2. The summed E-state index contributed by atoms with van der Waals surface area (Å²) in [5.74, 6) is 0.306. The number of carbonyl (C=O) groups excluding carboxylic acids is 1. The molecule has 0 saturated heterocycles. The second kappa shape index (κ2) is 5.50.